The molecule has 0 aliphatic carbocycles. The minimum Gasteiger partial charge on any atom is -0.493 e. The van der Waals surface area contributed by atoms with Gasteiger partial charge in [-0.1, -0.05) is 42.0 Å². The highest BCUT2D eigenvalue weighted by molar-refractivity contribution is 9.10. The van der Waals surface area contributed by atoms with E-state index >= 15 is 0 Å². The highest BCUT2D eigenvalue weighted by Gasteiger charge is 2.12. The topological polar surface area (TPSA) is 59.9 Å². The lowest BCUT2D eigenvalue weighted by molar-refractivity contribution is -0.120. The second-order valence-corrected chi connectivity index (χ2v) is 7.76. The zero-order valence-corrected chi connectivity index (χ0v) is 18.8. The molecule has 160 valence electrons. The van der Waals surface area contributed by atoms with Gasteiger partial charge in [0.1, 0.15) is 12.4 Å². The van der Waals surface area contributed by atoms with Crippen molar-refractivity contribution in [2.75, 3.05) is 7.11 Å². The van der Waals surface area contributed by atoms with E-state index in [1.807, 2.05) is 31.2 Å². The third-order valence-corrected chi connectivity index (χ3v) is 4.99. The quantitative estimate of drug-likeness (QED) is 0.354. The lowest BCUT2D eigenvalue weighted by Crippen LogP contribution is -2.19. The number of halogens is 2. The maximum atomic E-state index is 12.9. The molecule has 0 aromatic heterocycles. The van der Waals surface area contributed by atoms with Crippen molar-refractivity contribution in [1.82, 2.24) is 5.43 Å². The molecule has 0 bridgehead atoms. The molecular formula is C24H22BrFN2O3. The van der Waals surface area contributed by atoms with E-state index in [0.29, 0.717) is 33.7 Å². The van der Waals surface area contributed by atoms with Gasteiger partial charge in [0.05, 0.1) is 24.2 Å². The van der Waals surface area contributed by atoms with Crippen LogP contribution in [0.2, 0.25) is 0 Å². The van der Waals surface area contributed by atoms with E-state index in [-0.39, 0.29) is 18.1 Å². The number of ether oxygens (including phenoxy) is 2. The minimum absolute atomic E-state index is 0.108. The Morgan fingerprint density at radius 2 is 1.90 bits per heavy atom. The van der Waals surface area contributed by atoms with Crippen molar-refractivity contribution in [1.29, 1.82) is 0 Å². The third-order valence-electron chi connectivity index (χ3n) is 4.40. The molecule has 5 nitrogen and oxygen atoms in total. The Labute approximate surface area is 189 Å². The van der Waals surface area contributed by atoms with Crippen molar-refractivity contribution in [2.24, 2.45) is 5.10 Å². The summed E-state index contributed by atoms with van der Waals surface area (Å²) >= 11 is 3.51. The molecule has 0 spiro atoms. The molecule has 0 aliphatic rings. The highest BCUT2D eigenvalue weighted by atomic mass is 79.9. The van der Waals surface area contributed by atoms with Crippen molar-refractivity contribution in [3.05, 3.63) is 93.2 Å². The van der Waals surface area contributed by atoms with E-state index < -0.39 is 0 Å². The molecule has 0 saturated heterocycles. The number of carbonyl (C=O) groups excluding carboxylic acids is 1. The summed E-state index contributed by atoms with van der Waals surface area (Å²) in [5.41, 5.74) is 6.11. The number of hydrogen-bond donors (Lipinski definition) is 1. The van der Waals surface area contributed by atoms with Gasteiger partial charge in [-0.05, 0) is 63.8 Å². The third kappa shape index (κ3) is 6.65. The molecule has 0 saturated carbocycles. The Balaban J connectivity index is 1.63. The number of rotatable bonds is 8. The number of nitrogens with zero attached hydrogens (tertiary/aromatic N) is 1. The first-order valence-corrected chi connectivity index (χ1v) is 10.4. The average Bonchev–Trinajstić information content (AvgIpc) is 2.74. The molecule has 0 radical (unpaired) electrons. The Morgan fingerprint density at radius 1 is 1.13 bits per heavy atom. The molecule has 0 atom stereocenters. The molecule has 0 aliphatic heterocycles. The van der Waals surface area contributed by atoms with Crippen LogP contribution in [0.15, 0.2) is 70.2 Å². The lowest BCUT2D eigenvalue weighted by Gasteiger charge is -2.14. The number of hydrogen-bond acceptors (Lipinski definition) is 4. The molecule has 31 heavy (non-hydrogen) atoms. The fraction of sp³-hybridized carbons (Fsp3) is 0.167. The normalized spacial score (nSPS) is 10.8. The SMILES string of the molecule is COc1cc(/C=N/NC(=O)Cc2ccc(F)cc2)cc(Br)c1OCc1cccc(C)c1. The van der Waals surface area contributed by atoms with Crippen LogP contribution in [0.4, 0.5) is 4.39 Å². The van der Waals surface area contributed by atoms with Gasteiger partial charge in [0.25, 0.3) is 0 Å². The van der Waals surface area contributed by atoms with Gasteiger partial charge in [-0.15, -0.1) is 0 Å². The van der Waals surface area contributed by atoms with Crippen LogP contribution in [0.1, 0.15) is 22.3 Å². The summed E-state index contributed by atoms with van der Waals surface area (Å²) in [4.78, 5) is 12.0. The summed E-state index contributed by atoms with van der Waals surface area (Å²) in [7, 11) is 1.56. The second kappa shape index (κ2) is 10.7. The summed E-state index contributed by atoms with van der Waals surface area (Å²) < 4.78 is 25.1. The van der Waals surface area contributed by atoms with Crippen molar-refractivity contribution in [3.63, 3.8) is 0 Å². The molecule has 3 aromatic carbocycles. The number of nitrogens with one attached hydrogen (secondary N) is 1. The van der Waals surface area contributed by atoms with Gasteiger partial charge in [-0.3, -0.25) is 4.79 Å². The Kier molecular flexibility index (Phi) is 7.78. The molecule has 1 amide bonds. The van der Waals surface area contributed by atoms with Gasteiger partial charge >= 0.3 is 0 Å². The standard InChI is InChI=1S/C24H22BrFN2O3/c1-16-4-3-5-18(10-16)15-31-24-21(25)11-19(12-22(24)30-2)14-27-28-23(29)13-17-6-8-20(26)9-7-17/h3-12,14H,13,15H2,1-2H3,(H,28,29)/b27-14+. The predicted octanol–water partition coefficient (Wildman–Crippen LogP) is 5.18. The maximum absolute atomic E-state index is 12.9. The molecule has 7 heteroatoms. The molecule has 1 N–H and O–H groups in total. The van der Waals surface area contributed by atoms with Crippen molar-refractivity contribution in [2.45, 2.75) is 20.0 Å². The number of benzene rings is 3. The maximum Gasteiger partial charge on any atom is 0.244 e. The van der Waals surface area contributed by atoms with E-state index in [4.69, 9.17) is 9.47 Å². The van der Waals surface area contributed by atoms with Crippen LogP contribution in [-0.4, -0.2) is 19.2 Å². The number of aryl methyl sites for hydroxylation is 1. The minimum atomic E-state index is -0.340. The molecule has 0 fully saturated rings. The summed E-state index contributed by atoms with van der Waals surface area (Å²) in [6.07, 6.45) is 1.62. The Morgan fingerprint density at radius 3 is 2.61 bits per heavy atom. The van der Waals surface area contributed by atoms with Crippen LogP contribution >= 0.6 is 15.9 Å². The number of carbonyl (C=O) groups is 1. The van der Waals surface area contributed by atoms with E-state index in [9.17, 15) is 9.18 Å². The van der Waals surface area contributed by atoms with E-state index in [0.717, 1.165) is 5.56 Å². The lowest BCUT2D eigenvalue weighted by atomic mass is 10.1. The van der Waals surface area contributed by atoms with Crippen molar-refractivity contribution < 1.29 is 18.7 Å². The van der Waals surface area contributed by atoms with Crippen LogP contribution in [-0.2, 0) is 17.8 Å². The monoisotopic (exact) mass is 484 g/mol. The van der Waals surface area contributed by atoms with E-state index in [1.54, 1.807) is 25.3 Å². The fourth-order valence-electron chi connectivity index (χ4n) is 2.92. The van der Waals surface area contributed by atoms with Crippen molar-refractivity contribution in [3.8, 4) is 11.5 Å². The predicted molar refractivity (Wildman–Crippen MR) is 122 cm³/mol. The van der Waals surface area contributed by atoms with Gasteiger partial charge in [-0.25, -0.2) is 9.82 Å². The molecule has 0 unspecified atom stereocenters. The molecule has 3 rings (SSSR count). The van der Waals surface area contributed by atoms with Gasteiger partial charge in [-0.2, -0.15) is 5.10 Å². The van der Waals surface area contributed by atoms with Gasteiger partial charge < -0.3 is 9.47 Å². The van der Waals surface area contributed by atoms with E-state index in [1.165, 1.54) is 23.9 Å². The summed E-state index contributed by atoms with van der Waals surface area (Å²) in [6.45, 7) is 2.44. The highest BCUT2D eigenvalue weighted by Crippen LogP contribution is 2.36. The van der Waals surface area contributed by atoms with Crippen LogP contribution in [0, 0.1) is 12.7 Å². The zero-order chi connectivity index (χ0) is 22.2. The van der Waals surface area contributed by atoms with Crippen LogP contribution < -0.4 is 14.9 Å². The Hall–Kier alpha value is -3.19. The van der Waals surface area contributed by atoms with Crippen molar-refractivity contribution >= 4 is 28.1 Å². The number of hydrazone groups is 1. The summed E-state index contributed by atoms with van der Waals surface area (Å²) in [5, 5.41) is 3.99. The Bertz CT molecular complexity index is 1080. The smallest absolute Gasteiger partial charge is 0.244 e. The number of methoxy groups -OCH3 is 1. The van der Waals surface area contributed by atoms with Gasteiger partial charge in [0, 0.05) is 0 Å². The van der Waals surface area contributed by atoms with Crippen LogP contribution in [0.25, 0.3) is 0 Å². The fourth-order valence-corrected chi connectivity index (χ4v) is 3.49. The zero-order valence-electron chi connectivity index (χ0n) is 17.2. The summed E-state index contributed by atoms with van der Waals surface area (Å²) in [5.74, 6) is 0.489. The first-order chi connectivity index (χ1) is 14.9. The summed E-state index contributed by atoms with van der Waals surface area (Å²) in [6, 6.07) is 17.5. The first-order valence-electron chi connectivity index (χ1n) is 9.57. The van der Waals surface area contributed by atoms with Crippen LogP contribution in [0.3, 0.4) is 0 Å². The second-order valence-electron chi connectivity index (χ2n) is 6.91. The van der Waals surface area contributed by atoms with E-state index in [2.05, 4.69) is 32.5 Å². The molecule has 0 heterocycles. The molecule has 3 aromatic rings. The largest absolute Gasteiger partial charge is 0.493 e. The number of amides is 1. The van der Waals surface area contributed by atoms with Gasteiger partial charge in [0.15, 0.2) is 11.5 Å². The van der Waals surface area contributed by atoms with Crippen LogP contribution in [0.5, 0.6) is 11.5 Å². The molecular weight excluding hydrogens is 463 g/mol. The average molecular weight is 485 g/mol. The van der Waals surface area contributed by atoms with Gasteiger partial charge in [0.2, 0.25) is 5.91 Å². The first kappa shape index (κ1) is 22.5.